The van der Waals surface area contributed by atoms with Gasteiger partial charge in [0.2, 0.25) is 0 Å². The summed E-state index contributed by atoms with van der Waals surface area (Å²) in [4.78, 5) is 24.2. The van der Waals surface area contributed by atoms with Crippen LogP contribution in [0.5, 0.6) is 11.5 Å². The van der Waals surface area contributed by atoms with Gasteiger partial charge >= 0.3 is 11.9 Å². The molecule has 0 saturated heterocycles. The molecule has 0 bridgehead atoms. The molecule has 0 amide bonds. The SMILES string of the molecule is COC(=O)c1ccc(C(=O)Oc2cccc(OCCC(C)CCCC(C)C)c2)c(C)c1. The lowest BCUT2D eigenvalue weighted by Crippen LogP contribution is -2.12. The Labute approximate surface area is 185 Å². The molecule has 1 unspecified atom stereocenters. The van der Waals surface area contributed by atoms with Crippen molar-refractivity contribution in [2.75, 3.05) is 13.7 Å². The number of carbonyl (C=O) groups is 2. The van der Waals surface area contributed by atoms with Gasteiger partial charge in [0.05, 0.1) is 24.8 Å². The van der Waals surface area contributed by atoms with Gasteiger partial charge in [-0.05, 0) is 61.1 Å². The lowest BCUT2D eigenvalue weighted by molar-refractivity contribution is 0.0599. The van der Waals surface area contributed by atoms with Crippen molar-refractivity contribution >= 4 is 11.9 Å². The molecule has 2 aromatic carbocycles. The van der Waals surface area contributed by atoms with E-state index in [1.807, 2.05) is 6.07 Å². The van der Waals surface area contributed by atoms with E-state index >= 15 is 0 Å². The fourth-order valence-corrected chi connectivity index (χ4v) is 3.32. The molecule has 0 radical (unpaired) electrons. The highest BCUT2D eigenvalue weighted by Gasteiger charge is 2.15. The molecule has 0 aromatic heterocycles. The zero-order valence-corrected chi connectivity index (χ0v) is 19.3. The number of rotatable bonds is 11. The molecule has 2 aromatic rings. The second-order valence-electron chi connectivity index (χ2n) is 8.45. The quantitative estimate of drug-likeness (QED) is 0.315. The average molecular weight is 427 g/mol. The first kappa shape index (κ1) is 24.4. The number of hydrogen-bond acceptors (Lipinski definition) is 5. The number of methoxy groups -OCH3 is 1. The summed E-state index contributed by atoms with van der Waals surface area (Å²) in [7, 11) is 1.32. The summed E-state index contributed by atoms with van der Waals surface area (Å²) >= 11 is 0. The third kappa shape index (κ3) is 8.08. The van der Waals surface area contributed by atoms with Gasteiger partial charge in [-0.3, -0.25) is 0 Å². The zero-order chi connectivity index (χ0) is 22.8. The molecule has 0 spiro atoms. The van der Waals surface area contributed by atoms with Crippen molar-refractivity contribution in [2.24, 2.45) is 11.8 Å². The first-order chi connectivity index (χ1) is 14.8. The minimum atomic E-state index is -0.482. The average Bonchev–Trinajstić information content (AvgIpc) is 2.73. The van der Waals surface area contributed by atoms with Crippen LogP contribution in [-0.2, 0) is 4.74 Å². The Morgan fingerprint density at radius 3 is 2.32 bits per heavy atom. The Balaban J connectivity index is 1.89. The highest BCUT2D eigenvalue weighted by atomic mass is 16.5. The molecule has 0 heterocycles. The van der Waals surface area contributed by atoms with E-state index in [9.17, 15) is 9.59 Å². The Morgan fingerprint density at radius 1 is 0.903 bits per heavy atom. The van der Waals surface area contributed by atoms with Crippen LogP contribution in [0, 0.1) is 18.8 Å². The van der Waals surface area contributed by atoms with Crippen LogP contribution in [0.4, 0.5) is 0 Å². The van der Waals surface area contributed by atoms with Crippen LogP contribution in [0.3, 0.4) is 0 Å². The van der Waals surface area contributed by atoms with Crippen molar-refractivity contribution in [3.63, 3.8) is 0 Å². The molecule has 31 heavy (non-hydrogen) atoms. The highest BCUT2D eigenvalue weighted by molar-refractivity contribution is 5.95. The molecular formula is C26H34O5. The van der Waals surface area contributed by atoms with Crippen LogP contribution in [0.2, 0.25) is 0 Å². The second kappa shape index (κ2) is 12.1. The summed E-state index contributed by atoms with van der Waals surface area (Å²) in [5.74, 6) is 1.55. The molecule has 0 saturated carbocycles. The fraction of sp³-hybridized carbons (Fsp3) is 0.462. The minimum Gasteiger partial charge on any atom is -0.493 e. The summed E-state index contributed by atoms with van der Waals surface area (Å²) in [6.07, 6.45) is 4.73. The number of hydrogen-bond donors (Lipinski definition) is 0. The van der Waals surface area contributed by atoms with Gasteiger partial charge in [0.15, 0.2) is 0 Å². The van der Waals surface area contributed by atoms with Crippen LogP contribution in [0.1, 0.15) is 72.7 Å². The number of carbonyl (C=O) groups excluding carboxylic acids is 2. The summed E-state index contributed by atoms with van der Waals surface area (Å²) in [5, 5.41) is 0. The fourth-order valence-electron chi connectivity index (χ4n) is 3.32. The molecular weight excluding hydrogens is 392 g/mol. The molecule has 5 heteroatoms. The van der Waals surface area contributed by atoms with E-state index in [4.69, 9.17) is 14.2 Å². The van der Waals surface area contributed by atoms with Crippen molar-refractivity contribution < 1.29 is 23.8 Å². The molecule has 0 N–H and O–H groups in total. The van der Waals surface area contributed by atoms with E-state index in [2.05, 4.69) is 20.8 Å². The Hall–Kier alpha value is -2.82. The number of benzene rings is 2. The van der Waals surface area contributed by atoms with Crippen molar-refractivity contribution in [2.45, 2.75) is 53.4 Å². The van der Waals surface area contributed by atoms with E-state index in [-0.39, 0.29) is 0 Å². The van der Waals surface area contributed by atoms with Gasteiger partial charge in [0, 0.05) is 6.07 Å². The molecule has 0 aliphatic rings. The predicted octanol–water partition coefficient (Wildman–Crippen LogP) is 6.23. The number of aryl methyl sites for hydroxylation is 1. The molecule has 2 rings (SSSR count). The lowest BCUT2D eigenvalue weighted by atomic mass is 9.98. The van der Waals surface area contributed by atoms with Gasteiger partial charge in [0.25, 0.3) is 0 Å². The highest BCUT2D eigenvalue weighted by Crippen LogP contribution is 2.23. The summed E-state index contributed by atoms with van der Waals surface area (Å²) < 4.78 is 16.1. The maximum Gasteiger partial charge on any atom is 0.343 e. The van der Waals surface area contributed by atoms with E-state index in [1.165, 1.54) is 26.4 Å². The largest absolute Gasteiger partial charge is 0.493 e. The van der Waals surface area contributed by atoms with Crippen LogP contribution in [0.15, 0.2) is 42.5 Å². The summed E-state index contributed by atoms with van der Waals surface area (Å²) in [6.45, 7) is 9.16. The molecule has 0 fully saturated rings. The molecule has 1 atom stereocenters. The Morgan fingerprint density at radius 2 is 1.65 bits per heavy atom. The van der Waals surface area contributed by atoms with Gasteiger partial charge in [-0.2, -0.15) is 0 Å². The maximum absolute atomic E-state index is 12.6. The normalized spacial score (nSPS) is 11.8. The van der Waals surface area contributed by atoms with E-state index in [1.54, 1.807) is 43.3 Å². The molecule has 0 aliphatic carbocycles. The van der Waals surface area contributed by atoms with Crippen molar-refractivity contribution in [1.82, 2.24) is 0 Å². The number of ether oxygens (including phenoxy) is 3. The predicted molar refractivity (Wildman–Crippen MR) is 122 cm³/mol. The van der Waals surface area contributed by atoms with Gasteiger partial charge in [-0.1, -0.05) is 46.1 Å². The number of esters is 2. The topological polar surface area (TPSA) is 61.8 Å². The summed E-state index contributed by atoms with van der Waals surface area (Å²) in [5.41, 5.74) is 1.44. The van der Waals surface area contributed by atoms with E-state index < -0.39 is 11.9 Å². The van der Waals surface area contributed by atoms with Crippen molar-refractivity contribution in [3.05, 3.63) is 59.2 Å². The van der Waals surface area contributed by atoms with Crippen LogP contribution >= 0.6 is 0 Å². The summed E-state index contributed by atoms with van der Waals surface area (Å²) in [6, 6.07) is 11.8. The van der Waals surface area contributed by atoms with Gasteiger partial charge in [-0.25, -0.2) is 9.59 Å². The lowest BCUT2D eigenvalue weighted by Gasteiger charge is -2.14. The standard InChI is InChI=1S/C26H34O5/c1-18(2)8-6-9-19(3)14-15-30-22-10-7-11-23(17-22)31-26(28)24-13-12-21(16-20(24)4)25(27)29-5/h7,10-13,16-19H,6,8-9,14-15H2,1-5H3. The van der Waals surface area contributed by atoms with Crippen molar-refractivity contribution in [1.29, 1.82) is 0 Å². The first-order valence-electron chi connectivity index (χ1n) is 10.9. The maximum atomic E-state index is 12.6. The first-order valence-corrected chi connectivity index (χ1v) is 10.9. The van der Waals surface area contributed by atoms with Crippen LogP contribution in [0.25, 0.3) is 0 Å². The van der Waals surface area contributed by atoms with Crippen LogP contribution in [-0.4, -0.2) is 25.7 Å². The minimum absolute atomic E-state index is 0.394. The smallest absolute Gasteiger partial charge is 0.343 e. The monoisotopic (exact) mass is 426 g/mol. The van der Waals surface area contributed by atoms with E-state index in [0.717, 1.165) is 12.3 Å². The van der Waals surface area contributed by atoms with E-state index in [0.29, 0.717) is 40.7 Å². The molecule has 5 nitrogen and oxygen atoms in total. The van der Waals surface area contributed by atoms with Crippen molar-refractivity contribution in [3.8, 4) is 11.5 Å². The van der Waals surface area contributed by atoms with Gasteiger partial charge in [0.1, 0.15) is 11.5 Å². The third-order valence-electron chi connectivity index (χ3n) is 5.24. The third-order valence-corrected chi connectivity index (χ3v) is 5.24. The van der Waals surface area contributed by atoms with Gasteiger partial charge in [-0.15, -0.1) is 0 Å². The Kier molecular flexibility index (Phi) is 9.57. The van der Waals surface area contributed by atoms with Gasteiger partial charge < -0.3 is 14.2 Å². The Bertz CT molecular complexity index is 872. The molecule has 168 valence electrons. The zero-order valence-electron chi connectivity index (χ0n) is 19.3. The molecule has 0 aliphatic heterocycles. The second-order valence-corrected chi connectivity index (χ2v) is 8.45. The van der Waals surface area contributed by atoms with Crippen LogP contribution < -0.4 is 9.47 Å².